The van der Waals surface area contributed by atoms with Crippen molar-refractivity contribution in [3.8, 4) is 0 Å². The Morgan fingerprint density at radius 1 is 1.20 bits per heavy atom. The minimum absolute atomic E-state index is 0.169. The number of primary amides is 1. The van der Waals surface area contributed by atoms with Gasteiger partial charge in [-0.1, -0.05) is 20.8 Å². The smallest absolute Gasteiger partial charge is 0.332 e. The van der Waals surface area contributed by atoms with Crippen LogP contribution in [0.15, 0.2) is 14.7 Å². The van der Waals surface area contributed by atoms with E-state index in [2.05, 4.69) is 10.1 Å². The third-order valence-electron chi connectivity index (χ3n) is 4.28. The molecular formula is C15H21N7O3. The van der Waals surface area contributed by atoms with E-state index in [1.807, 2.05) is 20.8 Å². The van der Waals surface area contributed by atoms with Gasteiger partial charge in [-0.15, -0.1) is 0 Å². The first-order valence-corrected chi connectivity index (χ1v) is 7.82. The highest BCUT2D eigenvalue weighted by Gasteiger charge is 2.31. The topological polar surface area (TPSA) is 121 Å². The molecule has 10 nitrogen and oxygen atoms in total. The molecular weight excluding hydrogens is 326 g/mol. The first-order valence-electron chi connectivity index (χ1n) is 7.82. The summed E-state index contributed by atoms with van der Waals surface area (Å²) < 4.78 is 4.03. The van der Waals surface area contributed by atoms with E-state index in [1.54, 1.807) is 11.6 Å². The van der Waals surface area contributed by atoms with E-state index in [1.165, 1.54) is 16.6 Å². The van der Waals surface area contributed by atoms with Gasteiger partial charge in [0.2, 0.25) is 11.9 Å². The molecule has 1 aliphatic rings. The fourth-order valence-corrected chi connectivity index (χ4v) is 2.79. The zero-order chi connectivity index (χ0) is 18.7. The largest absolute Gasteiger partial charge is 0.368 e. The van der Waals surface area contributed by atoms with E-state index >= 15 is 0 Å². The van der Waals surface area contributed by atoms with E-state index in [-0.39, 0.29) is 17.6 Å². The third kappa shape index (κ3) is 2.53. The molecule has 1 amide bonds. The molecule has 0 fully saturated rings. The highest BCUT2D eigenvalue weighted by Crippen LogP contribution is 2.28. The van der Waals surface area contributed by atoms with Gasteiger partial charge in [0.25, 0.3) is 5.56 Å². The standard InChI is InChI=1S/C15H21N7O3/c1-15(2,3)8-6-21-10-11(19(4)14(25)20(5)12(10)24)17-13(21)22(18-8)7-9(16)23/h6-7H2,1-5H3,(H2,16,23). The SMILES string of the molecule is Cn1c(=O)c2c(nc3n2CC(C(C)(C)C)=NN3CC(N)=O)n(C)c1=O. The van der Waals surface area contributed by atoms with Crippen LogP contribution in [0.5, 0.6) is 0 Å². The Kier molecular flexibility index (Phi) is 3.59. The van der Waals surface area contributed by atoms with Crippen LogP contribution < -0.4 is 22.0 Å². The molecule has 0 radical (unpaired) electrons. The maximum absolute atomic E-state index is 12.7. The lowest BCUT2D eigenvalue weighted by Crippen LogP contribution is -2.41. The number of hydrazone groups is 1. The Morgan fingerprint density at radius 2 is 1.84 bits per heavy atom. The number of nitrogens with two attached hydrogens (primary N) is 1. The van der Waals surface area contributed by atoms with Gasteiger partial charge < -0.3 is 5.73 Å². The van der Waals surface area contributed by atoms with Gasteiger partial charge in [-0.05, 0) is 0 Å². The molecule has 3 rings (SSSR count). The summed E-state index contributed by atoms with van der Waals surface area (Å²) in [5.74, 6) is -0.251. The van der Waals surface area contributed by atoms with Crippen LogP contribution in [-0.2, 0) is 25.4 Å². The number of imidazole rings is 1. The van der Waals surface area contributed by atoms with Crippen molar-refractivity contribution >= 4 is 28.7 Å². The Morgan fingerprint density at radius 3 is 2.40 bits per heavy atom. The lowest BCUT2D eigenvalue weighted by molar-refractivity contribution is -0.116. The molecule has 134 valence electrons. The zero-order valence-electron chi connectivity index (χ0n) is 14.9. The second kappa shape index (κ2) is 5.30. The predicted octanol–water partition coefficient (Wildman–Crippen LogP) is -0.859. The van der Waals surface area contributed by atoms with Gasteiger partial charge in [-0.25, -0.2) is 9.80 Å². The quantitative estimate of drug-likeness (QED) is 0.758. The summed E-state index contributed by atoms with van der Waals surface area (Å²) in [7, 11) is 2.97. The normalized spacial score (nSPS) is 14.6. The Hall–Kier alpha value is -2.91. The van der Waals surface area contributed by atoms with E-state index in [9.17, 15) is 14.4 Å². The molecule has 0 aliphatic carbocycles. The number of carbonyl (C=O) groups excluding carboxylic acids is 1. The van der Waals surface area contributed by atoms with Gasteiger partial charge in [0, 0.05) is 19.5 Å². The van der Waals surface area contributed by atoms with Crippen LogP contribution in [-0.4, -0.2) is 36.8 Å². The Labute approximate surface area is 143 Å². The summed E-state index contributed by atoms with van der Waals surface area (Å²) in [6.07, 6.45) is 0. The van der Waals surface area contributed by atoms with Crippen molar-refractivity contribution in [1.82, 2.24) is 18.7 Å². The number of fused-ring (bicyclic) bond motifs is 3. The fraction of sp³-hybridized carbons (Fsp3) is 0.533. The van der Waals surface area contributed by atoms with E-state index in [4.69, 9.17) is 5.73 Å². The molecule has 2 aromatic heterocycles. The fourth-order valence-electron chi connectivity index (χ4n) is 2.79. The monoisotopic (exact) mass is 347 g/mol. The van der Waals surface area contributed by atoms with Crippen LogP contribution in [0, 0.1) is 5.41 Å². The van der Waals surface area contributed by atoms with E-state index < -0.39 is 17.2 Å². The van der Waals surface area contributed by atoms with Gasteiger partial charge in [0.15, 0.2) is 11.2 Å². The summed E-state index contributed by atoms with van der Waals surface area (Å²) in [5.41, 5.74) is 5.47. The second-order valence-electron chi connectivity index (χ2n) is 7.20. The first kappa shape index (κ1) is 16.9. The van der Waals surface area contributed by atoms with Crippen molar-refractivity contribution in [2.24, 2.45) is 30.3 Å². The maximum atomic E-state index is 12.7. The number of aromatic nitrogens is 4. The molecule has 0 unspecified atom stereocenters. The summed E-state index contributed by atoms with van der Waals surface area (Å²) in [6.45, 7) is 6.15. The van der Waals surface area contributed by atoms with Crippen LogP contribution >= 0.6 is 0 Å². The number of amides is 1. The minimum atomic E-state index is -0.570. The van der Waals surface area contributed by atoms with Crippen LogP contribution in [0.1, 0.15) is 20.8 Å². The van der Waals surface area contributed by atoms with Crippen LogP contribution in [0.25, 0.3) is 11.2 Å². The van der Waals surface area contributed by atoms with Crippen LogP contribution in [0.3, 0.4) is 0 Å². The molecule has 2 aromatic rings. The average molecular weight is 347 g/mol. The molecule has 1 aliphatic heterocycles. The van der Waals surface area contributed by atoms with Crippen LogP contribution in [0.2, 0.25) is 0 Å². The Balaban J connectivity index is 2.36. The molecule has 0 aromatic carbocycles. The summed E-state index contributed by atoms with van der Waals surface area (Å²) >= 11 is 0. The van der Waals surface area contributed by atoms with Crippen molar-refractivity contribution in [2.45, 2.75) is 27.3 Å². The van der Waals surface area contributed by atoms with Crippen LogP contribution in [0.4, 0.5) is 5.95 Å². The molecule has 10 heteroatoms. The molecule has 0 atom stereocenters. The second-order valence-corrected chi connectivity index (χ2v) is 7.20. The van der Waals surface area contributed by atoms with Crippen molar-refractivity contribution in [2.75, 3.05) is 11.6 Å². The summed E-state index contributed by atoms with van der Waals surface area (Å²) in [5, 5.41) is 5.89. The number of hydrogen-bond acceptors (Lipinski definition) is 6. The highest BCUT2D eigenvalue weighted by molar-refractivity contribution is 5.94. The lowest BCUT2D eigenvalue weighted by atomic mass is 9.89. The minimum Gasteiger partial charge on any atom is -0.368 e. The molecule has 2 N–H and O–H groups in total. The molecule has 3 heterocycles. The summed E-state index contributed by atoms with van der Waals surface area (Å²) in [4.78, 5) is 40.7. The molecule has 0 bridgehead atoms. The van der Waals surface area contributed by atoms with Crippen molar-refractivity contribution < 1.29 is 4.79 Å². The third-order valence-corrected chi connectivity index (χ3v) is 4.28. The first-order chi connectivity index (χ1) is 11.5. The average Bonchev–Trinajstić information content (AvgIpc) is 2.89. The van der Waals surface area contributed by atoms with Crippen molar-refractivity contribution in [3.05, 3.63) is 20.8 Å². The maximum Gasteiger partial charge on any atom is 0.332 e. The van der Waals surface area contributed by atoms with Gasteiger partial charge in [0.05, 0.1) is 12.3 Å². The van der Waals surface area contributed by atoms with Gasteiger partial charge in [0.1, 0.15) is 6.54 Å². The zero-order valence-corrected chi connectivity index (χ0v) is 14.9. The highest BCUT2D eigenvalue weighted by atomic mass is 16.2. The number of aryl methyl sites for hydroxylation is 1. The number of anilines is 1. The molecule has 25 heavy (non-hydrogen) atoms. The number of rotatable bonds is 2. The number of nitrogens with zero attached hydrogens (tertiary/aromatic N) is 6. The summed E-state index contributed by atoms with van der Waals surface area (Å²) in [6, 6.07) is 0. The Bertz CT molecular complexity index is 1030. The molecule has 0 spiro atoms. The van der Waals surface area contributed by atoms with Gasteiger partial charge in [-0.2, -0.15) is 10.1 Å². The van der Waals surface area contributed by atoms with Crippen molar-refractivity contribution in [3.63, 3.8) is 0 Å². The molecule has 0 saturated carbocycles. The van der Waals surface area contributed by atoms with Gasteiger partial charge in [-0.3, -0.25) is 23.3 Å². The predicted molar refractivity (Wildman–Crippen MR) is 93.6 cm³/mol. The lowest BCUT2D eigenvalue weighted by Gasteiger charge is -2.30. The van der Waals surface area contributed by atoms with Crippen molar-refractivity contribution in [1.29, 1.82) is 0 Å². The van der Waals surface area contributed by atoms with E-state index in [0.717, 1.165) is 10.3 Å². The van der Waals surface area contributed by atoms with Gasteiger partial charge >= 0.3 is 5.69 Å². The number of hydrogen-bond donors (Lipinski definition) is 1. The molecule has 0 saturated heterocycles. The van der Waals surface area contributed by atoms with E-state index in [0.29, 0.717) is 18.0 Å². The number of carbonyl (C=O) groups is 1.